The van der Waals surface area contributed by atoms with E-state index < -0.39 is 10.5 Å². The Bertz CT molecular complexity index is 1240. The number of aromatic hydroxyl groups is 1. The van der Waals surface area contributed by atoms with Crippen molar-refractivity contribution in [3.63, 3.8) is 0 Å². The predicted octanol–water partition coefficient (Wildman–Crippen LogP) is 4.49. The second-order valence-corrected chi connectivity index (χ2v) is 6.40. The molecule has 9 heteroatoms. The number of rotatable bonds is 4. The molecule has 2 aromatic carbocycles. The van der Waals surface area contributed by atoms with E-state index in [1.165, 1.54) is 22.8 Å². The number of H-pyrrole nitrogens is 1. The number of hydrogen-bond acceptors (Lipinski definition) is 5. The van der Waals surface area contributed by atoms with Crippen LogP contribution in [0.2, 0.25) is 5.02 Å². The molecule has 0 atom stereocenters. The van der Waals surface area contributed by atoms with Crippen LogP contribution in [0.4, 0.5) is 5.69 Å². The van der Waals surface area contributed by atoms with Gasteiger partial charge in [0.1, 0.15) is 5.56 Å². The summed E-state index contributed by atoms with van der Waals surface area (Å²) in [4.78, 5) is 25.2. The number of aromatic amines is 1. The summed E-state index contributed by atoms with van der Waals surface area (Å²) >= 11 is 11.0. The van der Waals surface area contributed by atoms with Crippen LogP contribution in [-0.4, -0.2) is 19.6 Å². The summed E-state index contributed by atoms with van der Waals surface area (Å²) in [6, 6.07) is 12.6. The maximum absolute atomic E-state index is 12.2. The number of aromatic nitrogens is 2. The van der Waals surface area contributed by atoms with E-state index >= 15 is 0 Å². The SMILES string of the molecule is O=c1[nH]c(=S)n(-c2ccc(Cl)cc2)c(O)c1C=C=Cc1ccccc1[N+](=O)[O-]. The smallest absolute Gasteiger partial charge is 0.277 e. The van der Waals surface area contributed by atoms with Crippen LogP contribution in [-0.2, 0) is 0 Å². The molecule has 3 aromatic rings. The third-order valence-electron chi connectivity index (χ3n) is 3.81. The molecule has 7 nitrogen and oxygen atoms in total. The average Bonchev–Trinajstić information content (AvgIpc) is 2.66. The van der Waals surface area contributed by atoms with Crippen molar-refractivity contribution in [1.29, 1.82) is 0 Å². The summed E-state index contributed by atoms with van der Waals surface area (Å²) in [5, 5.41) is 22.1. The number of nitro groups is 1. The van der Waals surface area contributed by atoms with E-state index in [9.17, 15) is 20.0 Å². The molecule has 0 radical (unpaired) electrons. The van der Waals surface area contributed by atoms with Gasteiger partial charge in [-0.3, -0.25) is 24.5 Å². The molecule has 0 saturated carbocycles. The highest BCUT2D eigenvalue weighted by molar-refractivity contribution is 7.71. The molecule has 0 spiro atoms. The molecule has 28 heavy (non-hydrogen) atoms. The molecule has 0 saturated heterocycles. The van der Waals surface area contributed by atoms with Gasteiger partial charge in [-0.05, 0) is 54.7 Å². The van der Waals surface area contributed by atoms with Crippen molar-refractivity contribution in [1.82, 2.24) is 9.55 Å². The molecule has 0 aliphatic rings. The lowest BCUT2D eigenvalue weighted by Gasteiger charge is -2.11. The fraction of sp³-hybridized carbons (Fsp3) is 0. The van der Waals surface area contributed by atoms with Crippen LogP contribution >= 0.6 is 23.8 Å². The number of nitro benzene ring substituents is 1. The van der Waals surface area contributed by atoms with Gasteiger partial charge in [-0.2, -0.15) is 0 Å². The minimum absolute atomic E-state index is 0.00430. The van der Waals surface area contributed by atoms with Crippen molar-refractivity contribution < 1.29 is 10.0 Å². The Morgan fingerprint density at radius 3 is 2.54 bits per heavy atom. The van der Waals surface area contributed by atoms with E-state index in [0.29, 0.717) is 16.3 Å². The van der Waals surface area contributed by atoms with Gasteiger partial charge in [0, 0.05) is 11.1 Å². The lowest BCUT2D eigenvalue weighted by Crippen LogP contribution is -2.15. The van der Waals surface area contributed by atoms with Crippen LogP contribution in [0.1, 0.15) is 11.1 Å². The lowest BCUT2D eigenvalue weighted by molar-refractivity contribution is -0.385. The van der Waals surface area contributed by atoms with Crippen molar-refractivity contribution in [2.24, 2.45) is 0 Å². The highest BCUT2D eigenvalue weighted by atomic mass is 35.5. The highest BCUT2D eigenvalue weighted by Crippen LogP contribution is 2.22. The molecule has 140 valence electrons. The first-order valence-electron chi connectivity index (χ1n) is 7.88. The molecular weight excluding hydrogens is 402 g/mol. The maximum atomic E-state index is 12.2. The molecule has 0 unspecified atom stereocenters. The van der Waals surface area contributed by atoms with Gasteiger partial charge < -0.3 is 5.11 Å². The zero-order valence-corrected chi connectivity index (χ0v) is 15.7. The molecular formula is C19H12ClN3O4S. The number of nitrogens with zero attached hydrogens (tertiary/aromatic N) is 2. The Morgan fingerprint density at radius 2 is 1.86 bits per heavy atom. The van der Waals surface area contributed by atoms with E-state index in [1.807, 2.05) is 0 Å². The van der Waals surface area contributed by atoms with Crippen molar-refractivity contribution in [2.45, 2.75) is 0 Å². The van der Waals surface area contributed by atoms with E-state index in [4.69, 9.17) is 23.8 Å². The quantitative estimate of drug-likeness (QED) is 0.284. The second kappa shape index (κ2) is 8.06. The zero-order chi connectivity index (χ0) is 20.3. The van der Waals surface area contributed by atoms with Crippen LogP contribution < -0.4 is 5.56 Å². The summed E-state index contributed by atoms with van der Waals surface area (Å²) in [7, 11) is 0. The van der Waals surface area contributed by atoms with Crippen LogP contribution in [0.3, 0.4) is 0 Å². The lowest BCUT2D eigenvalue weighted by atomic mass is 10.1. The Labute approximate surface area is 168 Å². The minimum atomic E-state index is -0.615. The normalized spacial score (nSPS) is 10.2. The van der Waals surface area contributed by atoms with Crippen molar-refractivity contribution in [3.05, 3.63) is 95.7 Å². The van der Waals surface area contributed by atoms with Crippen LogP contribution in [0.25, 0.3) is 17.8 Å². The minimum Gasteiger partial charge on any atom is -0.494 e. The van der Waals surface area contributed by atoms with Gasteiger partial charge in [-0.25, -0.2) is 0 Å². The molecule has 0 amide bonds. The average molecular weight is 414 g/mol. The number of halogens is 1. The van der Waals surface area contributed by atoms with Gasteiger partial charge in [0.25, 0.3) is 11.2 Å². The predicted molar refractivity (Wildman–Crippen MR) is 109 cm³/mol. The van der Waals surface area contributed by atoms with Gasteiger partial charge in [-0.15, -0.1) is 5.73 Å². The van der Waals surface area contributed by atoms with Crippen LogP contribution in [0.5, 0.6) is 5.88 Å². The number of benzene rings is 2. The van der Waals surface area contributed by atoms with E-state index in [1.54, 1.807) is 42.5 Å². The Morgan fingerprint density at radius 1 is 1.18 bits per heavy atom. The summed E-state index contributed by atoms with van der Waals surface area (Å²) in [6.07, 6.45) is 2.58. The fourth-order valence-electron chi connectivity index (χ4n) is 2.49. The van der Waals surface area contributed by atoms with Crippen molar-refractivity contribution >= 4 is 41.7 Å². The molecule has 0 fully saturated rings. The second-order valence-electron chi connectivity index (χ2n) is 5.58. The van der Waals surface area contributed by atoms with E-state index in [0.717, 1.165) is 0 Å². The van der Waals surface area contributed by atoms with Gasteiger partial charge in [0.2, 0.25) is 5.88 Å². The number of para-hydroxylation sites is 1. The standard InChI is InChI=1S/C19H12ClN3O4S/c20-13-8-10-14(11-9-13)22-18(25)15(17(24)21-19(22)28)6-3-5-12-4-1-2-7-16(12)23(26)27/h1-2,4-11,25H,(H,21,24,28). The van der Waals surface area contributed by atoms with Gasteiger partial charge in [-0.1, -0.05) is 23.7 Å². The first-order chi connectivity index (χ1) is 13.4. The van der Waals surface area contributed by atoms with E-state index in [2.05, 4.69) is 10.7 Å². The third kappa shape index (κ3) is 3.94. The van der Waals surface area contributed by atoms with Crippen LogP contribution in [0, 0.1) is 14.9 Å². The molecule has 1 heterocycles. The molecule has 0 bridgehead atoms. The first kappa shape index (κ1) is 19.3. The van der Waals surface area contributed by atoms with Crippen molar-refractivity contribution in [2.75, 3.05) is 0 Å². The summed E-state index contributed by atoms with van der Waals surface area (Å²) in [5.74, 6) is -0.389. The molecule has 0 aliphatic carbocycles. The zero-order valence-electron chi connectivity index (χ0n) is 14.1. The highest BCUT2D eigenvalue weighted by Gasteiger charge is 2.12. The number of hydrogen-bond donors (Lipinski definition) is 2. The Kier molecular flexibility index (Phi) is 5.56. The maximum Gasteiger partial charge on any atom is 0.277 e. The Balaban J connectivity index is 2.11. The van der Waals surface area contributed by atoms with E-state index in [-0.39, 0.29) is 21.9 Å². The van der Waals surface area contributed by atoms with Crippen LogP contribution in [0.15, 0.2) is 59.1 Å². The summed E-state index contributed by atoms with van der Waals surface area (Å²) in [5.41, 5.74) is 2.70. The molecule has 1 aromatic heterocycles. The topological polar surface area (TPSA) is 101 Å². The third-order valence-corrected chi connectivity index (χ3v) is 4.34. The largest absolute Gasteiger partial charge is 0.494 e. The van der Waals surface area contributed by atoms with Gasteiger partial charge in [0.05, 0.1) is 16.2 Å². The summed E-state index contributed by atoms with van der Waals surface area (Å²) < 4.78 is 1.27. The van der Waals surface area contributed by atoms with Crippen molar-refractivity contribution in [3.8, 4) is 11.6 Å². The number of nitrogens with one attached hydrogen (secondary N) is 1. The fourth-order valence-corrected chi connectivity index (χ4v) is 2.90. The summed E-state index contributed by atoms with van der Waals surface area (Å²) in [6.45, 7) is 0. The monoisotopic (exact) mass is 413 g/mol. The molecule has 2 N–H and O–H groups in total. The Hall–Kier alpha value is -3.45. The first-order valence-corrected chi connectivity index (χ1v) is 8.67. The van der Waals surface area contributed by atoms with Gasteiger partial charge in [0.15, 0.2) is 4.77 Å². The molecule has 3 rings (SSSR count). The molecule has 0 aliphatic heterocycles. The van der Waals surface area contributed by atoms with Gasteiger partial charge >= 0.3 is 0 Å².